The van der Waals surface area contributed by atoms with Crippen LogP contribution in [-0.2, 0) is 20.8 Å². The maximum absolute atomic E-state index is 12.6. The van der Waals surface area contributed by atoms with Crippen molar-refractivity contribution >= 4 is 17.6 Å². The average Bonchev–Trinajstić information content (AvgIpc) is 3.29. The number of guanidine groups is 1. The second-order valence-electron chi connectivity index (χ2n) is 8.86. The van der Waals surface area contributed by atoms with Gasteiger partial charge in [-0.05, 0) is 43.9 Å². The monoisotopic (exact) mass is 444 g/mol. The summed E-state index contributed by atoms with van der Waals surface area (Å²) in [6.45, 7) is 7.51. The summed E-state index contributed by atoms with van der Waals surface area (Å²) in [4.78, 5) is 19.8. The smallest absolute Gasteiger partial charge is 0.227 e. The minimum Gasteiger partial charge on any atom is -0.382 e. The van der Waals surface area contributed by atoms with Crippen molar-refractivity contribution in [3.05, 3.63) is 29.8 Å². The Morgan fingerprint density at radius 2 is 2.03 bits per heavy atom. The van der Waals surface area contributed by atoms with Gasteiger partial charge in [-0.15, -0.1) is 0 Å². The van der Waals surface area contributed by atoms with E-state index >= 15 is 0 Å². The Bertz CT molecular complexity index is 734. The first-order valence-electron chi connectivity index (χ1n) is 12.2. The van der Waals surface area contributed by atoms with Crippen molar-refractivity contribution < 1.29 is 14.3 Å². The van der Waals surface area contributed by atoms with Crippen molar-refractivity contribution in [3.8, 4) is 0 Å². The molecule has 2 N–H and O–H groups in total. The zero-order valence-electron chi connectivity index (χ0n) is 19.8. The van der Waals surface area contributed by atoms with Crippen molar-refractivity contribution in [2.45, 2.75) is 52.0 Å². The molecular weight excluding hydrogens is 404 g/mol. The van der Waals surface area contributed by atoms with E-state index in [0.717, 1.165) is 75.6 Å². The fourth-order valence-corrected chi connectivity index (χ4v) is 4.50. The van der Waals surface area contributed by atoms with Crippen molar-refractivity contribution in [2.75, 3.05) is 51.9 Å². The van der Waals surface area contributed by atoms with Crippen LogP contribution in [0.5, 0.6) is 0 Å². The zero-order chi connectivity index (χ0) is 22.6. The second kappa shape index (κ2) is 13.4. The molecule has 2 fully saturated rings. The summed E-state index contributed by atoms with van der Waals surface area (Å²) in [5.74, 6) is 1.79. The van der Waals surface area contributed by atoms with Crippen LogP contribution in [0, 0.1) is 11.8 Å². The molecule has 7 heteroatoms. The highest BCUT2D eigenvalue weighted by atomic mass is 16.5. The van der Waals surface area contributed by atoms with Gasteiger partial charge in [-0.3, -0.25) is 4.79 Å². The predicted octanol–water partition coefficient (Wildman–Crippen LogP) is 3.66. The standard InChI is InChI=1S/C25H40N4O3/c1-3-26-25(29-13-12-21(18-29)19-32-15-14-31-2)27-17-20-8-7-11-23(16-20)28-24(30)22-9-5-4-6-10-22/h7-8,11,16,21-22H,3-6,9-10,12-15,17-19H2,1-2H3,(H,26,27)(H,28,30). The Kier molecular flexibility index (Phi) is 10.3. The van der Waals surface area contributed by atoms with Crippen LogP contribution in [0.1, 0.15) is 51.0 Å². The Morgan fingerprint density at radius 3 is 2.81 bits per heavy atom. The summed E-state index contributed by atoms with van der Waals surface area (Å²) in [6, 6.07) is 8.08. The van der Waals surface area contributed by atoms with Gasteiger partial charge >= 0.3 is 0 Å². The van der Waals surface area contributed by atoms with E-state index < -0.39 is 0 Å². The topological polar surface area (TPSA) is 75.2 Å². The summed E-state index contributed by atoms with van der Waals surface area (Å²) in [7, 11) is 1.69. The Hall–Kier alpha value is -2.12. The lowest BCUT2D eigenvalue weighted by atomic mass is 9.88. The van der Waals surface area contributed by atoms with Crippen LogP contribution in [0.3, 0.4) is 0 Å². The average molecular weight is 445 g/mol. The fourth-order valence-electron chi connectivity index (χ4n) is 4.50. The first-order chi connectivity index (χ1) is 15.7. The number of anilines is 1. The van der Waals surface area contributed by atoms with Crippen LogP contribution in [0.4, 0.5) is 5.69 Å². The molecule has 1 aromatic rings. The third-order valence-corrected chi connectivity index (χ3v) is 6.29. The van der Waals surface area contributed by atoms with Crippen LogP contribution in [0.25, 0.3) is 0 Å². The van der Waals surface area contributed by atoms with Crippen LogP contribution in [0.15, 0.2) is 29.3 Å². The van der Waals surface area contributed by atoms with E-state index in [4.69, 9.17) is 14.5 Å². The van der Waals surface area contributed by atoms with E-state index in [9.17, 15) is 4.79 Å². The van der Waals surface area contributed by atoms with E-state index in [1.807, 2.05) is 18.2 Å². The number of methoxy groups -OCH3 is 1. The first kappa shape index (κ1) is 24.5. The van der Waals surface area contributed by atoms with Crippen molar-refractivity contribution in [1.82, 2.24) is 10.2 Å². The number of nitrogens with one attached hydrogen (secondary N) is 2. The van der Waals surface area contributed by atoms with E-state index in [0.29, 0.717) is 25.7 Å². The summed E-state index contributed by atoms with van der Waals surface area (Å²) in [5, 5.41) is 6.54. The molecule has 1 heterocycles. The van der Waals surface area contributed by atoms with Crippen molar-refractivity contribution in [3.63, 3.8) is 0 Å². The van der Waals surface area contributed by atoms with Gasteiger partial charge in [0.25, 0.3) is 0 Å². The van der Waals surface area contributed by atoms with E-state index in [1.54, 1.807) is 7.11 Å². The molecule has 1 amide bonds. The maximum atomic E-state index is 12.6. The minimum absolute atomic E-state index is 0.160. The highest BCUT2D eigenvalue weighted by Crippen LogP contribution is 2.25. The summed E-state index contributed by atoms with van der Waals surface area (Å²) in [5.41, 5.74) is 1.97. The van der Waals surface area contributed by atoms with Gasteiger partial charge in [0, 0.05) is 44.3 Å². The fraction of sp³-hybridized carbons (Fsp3) is 0.680. The molecule has 0 spiro atoms. The zero-order valence-corrected chi connectivity index (χ0v) is 19.8. The molecule has 1 aliphatic carbocycles. The van der Waals surface area contributed by atoms with Gasteiger partial charge in [0.1, 0.15) is 0 Å². The first-order valence-corrected chi connectivity index (χ1v) is 12.2. The summed E-state index contributed by atoms with van der Waals surface area (Å²) in [6.07, 6.45) is 6.71. The van der Waals surface area contributed by atoms with E-state index in [2.05, 4.69) is 28.5 Å². The maximum Gasteiger partial charge on any atom is 0.227 e. The Balaban J connectivity index is 1.53. The molecule has 1 saturated carbocycles. The number of aliphatic imine (C=N–C) groups is 1. The van der Waals surface area contributed by atoms with Crippen LogP contribution >= 0.6 is 0 Å². The number of hydrogen-bond donors (Lipinski definition) is 2. The van der Waals surface area contributed by atoms with Crippen LogP contribution < -0.4 is 10.6 Å². The highest BCUT2D eigenvalue weighted by Gasteiger charge is 2.25. The Labute approximate surface area is 192 Å². The molecule has 7 nitrogen and oxygen atoms in total. The SMILES string of the molecule is CCNC(=NCc1cccc(NC(=O)C2CCCCC2)c1)N1CCC(COCCOC)C1. The number of likely N-dealkylation sites (tertiary alicyclic amines) is 1. The lowest BCUT2D eigenvalue weighted by molar-refractivity contribution is -0.120. The van der Waals surface area contributed by atoms with Crippen molar-refractivity contribution in [2.24, 2.45) is 16.8 Å². The third kappa shape index (κ3) is 7.78. The van der Waals surface area contributed by atoms with Crippen molar-refractivity contribution in [1.29, 1.82) is 0 Å². The lowest BCUT2D eigenvalue weighted by Gasteiger charge is -2.22. The molecule has 32 heavy (non-hydrogen) atoms. The normalized spacial score (nSPS) is 19.9. The number of amides is 1. The molecule has 1 unspecified atom stereocenters. The molecular formula is C25H40N4O3. The molecule has 1 saturated heterocycles. The molecule has 1 aliphatic heterocycles. The Morgan fingerprint density at radius 1 is 1.19 bits per heavy atom. The van der Waals surface area contributed by atoms with Crippen LogP contribution in [-0.4, -0.2) is 63.3 Å². The predicted molar refractivity (Wildman–Crippen MR) is 129 cm³/mol. The number of ether oxygens (including phenoxy) is 2. The molecule has 0 bridgehead atoms. The quantitative estimate of drug-likeness (QED) is 0.327. The molecule has 0 aromatic heterocycles. The molecule has 2 aliphatic rings. The summed E-state index contributed by atoms with van der Waals surface area (Å²) < 4.78 is 10.8. The summed E-state index contributed by atoms with van der Waals surface area (Å²) >= 11 is 0. The molecule has 0 radical (unpaired) electrons. The van der Waals surface area contributed by atoms with Gasteiger partial charge in [0.05, 0.1) is 26.4 Å². The van der Waals surface area contributed by atoms with Gasteiger partial charge in [-0.25, -0.2) is 4.99 Å². The number of hydrogen-bond acceptors (Lipinski definition) is 4. The van der Waals surface area contributed by atoms with E-state index in [-0.39, 0.29) is 11.8 Å². The van der Waals surface area contributed by atoms with Crippen LogP contribution in [0.2, 0.25) is 0 Å². The number of nitrogens with zero attached hydrogens (tertiary/aromatic N) is 2. The van der Waals surface area contributed by atoms with Gasteiger partial charge in [0.15, 0.2) is 5.96 Å². The van der Waals surface area contributed by atoms with Gasteiger partial charge in [-0.1, -0.05) is 31.4 Å². The molecule has 3 rings (SSSR count). The minimum atomic E-state index is 0.160. The van der Waals surface area contributed by atoms with Gasteiger partial charge in [-0.2, -0.15) is 0 Å². The highest BCUT2D eigenvalue weighted by molar-refractivity contribution is 5.92. The number of rotatable bonds is 10. The van der Waals surface area contributed by atoms with E-state index in [1.165, 1.54) is 6.42 Å². The van der Waals surface area contributed by atoms with Gasteiger partial charge in [0.2, 0.25) is 5.91 Å². The lowest BCUT2D eigenvalue weighted by Crippen LogP contribution is -2.40. The molecule has 1 aromatic carbocycles. The van der Waals surface area contributed by atoms with Gasteiger partial charge < -0.3 is 25.0 Å². The molecule has 1 atom stereocenters. The number of carbonyl (C=O) groups excluding carboxylic acids is 1. The third-order valence-electron chi connectivity index (χ3n) is 6.29. The second-order valence-corrected chi connectivity index (χ2v) is 8.86. The number of benzene rings is 1. The molecule has 178 valence electrons. The largest absolute Gasteiger partial charge is 0.382 e. The number of carbonyl (C=O) groups is 1.